The number of esters is 1. The minimum atomic E-state index is -0.312. The Morgan fingerprint density at radius 3 is 2.17 bits per heavy atom. The van der Waals surface area contributed by atoms with Crippen LogP contribution in [0.1, 0.15) is 42.1 Å². The predicted molar refractivity (Wildman–Crippen MR) is 95.7 cm³/mol. The highest BCUT2D eigenvalue weighted by Crippen LogP contribution is 2.16. The highest BCUT2D eigenvalue weighted by Gasteiger charge is 2.12. The molecule has 24 heavy (non-hydrogen) atoms. The average molecular weight is 322 g/mol. The van der Waals surface area contributed by atoms with Crippen molar-refractivity contribution in [1.82, 2.24) is 0 Å². The molecule has 0 fully saturated rings. The molecule has 0 N–H and O–H groups in total. The number of ether oxygens (including phenoxy) is 1. The van der Waals surface area contributed by atoms with E-state index < -0.39 is 0 Å². The van der Waals surface area contributed by atoms with Crippen molar-refractivity contribution in [2.45, 2.75) is 26.2 Å². The molecule has 3 heteroatoms. The maximum atomic E-state index is 12.1. The van der Waals surface area contributed by atoms with Crippen LogP contribution in [0.2, 0.25) is 0 Å². The molecule has 0 aliphatic heterocycles. The third-order valence-corrected chi connectivity index (χ3v) is 3.62. The Hall–Kier alpha value is -2.68. The Morgan fingerprint density at radius 1 is 0.917 bits per heavy atom. The average Bonchev–Trinajstić information content (AvgIpc) is 2.62. The molecule has 0 atom stereocenters. The molecule has 0 spiro atoms. The van der Waals surface area contributed by atoms with E-state index in [1.54, 1.807) is 6.92 Å². The van der Waals surface area contributed by atoms with E-state index in [1.165, 1.54) is 0 Å². The Kier molecular flexibility index (Phi) is 6.96. The van der Waals surface area contributed by atoms with E-state index in [1.807, 2.05) is 66.7 Å². The summed E-state index contributed by atoms with van der Waals surface area (Å²) in [6, 6.07) is 18.9. The summed E-state index contributed by atoms with van der Waals surface area (Å²) >= 11 is 0. The fraction of sp³-hybridized carbons (Fsp3) is 0.238. The molecule has 0 unspecified atom stereocenters. The van der Waals surface area contributed by atoms with Gasteiger partial charge < -0.3 is 4.74 Å². The van der Waals surface area contributed by atoms with E-state index in [0.29, 0.717) is 37.0 Å². The molecule has 0 aliphatic rings. The SMILES string of the molecule is CCOC(=O)C(=Cc1ccccc1)CCCC(=O)c1ccccc1. The van der Waals surface area contributed by atoms with Gasteiger partial charge in [0.05, 0.1) is 6.61 Å². The van der Waals surface area contributed by atoms with Gasteiger partial charge >= 0.3 is 5.97 Å². The van der Waals surface area contributed by atoms with Gasteiger partial charge in [0.1, 0.15) is 0 Å². The lowest BCUT2D eigenvalue weighted by Crippen LogP contribution is -2.08. The first kappa shape index (κ1) is 17.7. The molecule has 2 aromatic carbocycles. The quantitative estimate of drug-likeness (QED) is 0.402. The van der Waals surface area contributed by atoms with E-state index >= 15 is 0 Å². The van der Waals surface area contributed by atoms with E-state index in [-0.39, 0.29) is 11.8 Å². The number of hydrogen-bond acceptors (Lipinski definition) is 3. The second-order valence-corrected chi connectivity index (χ2v) is 5.44. The summed E-state index contributed by atoms with van der Waals surface area (Å²) in [7, 11) is 0. The van der Waals surface area contributed by atoms with Crippen LogP contribution in [0.5, 0.6) is 0 Å². The van der Waals surface area contributed by atoms with Crippen molar-refractivity contribution < 1.29 is 14.3 Å². The largest absolute Gasteiger partial charge is 0.463 e. The van der Waals surface area contributed by atoms with Crippen LogP contribution < -0.4 is 0 Å². The second-order valence-electron chi connectivity index (χ2n) is 5.44. The number of hydrogen-bond donors (Lipinski definition) is 0. The van der Waals surface area contributed by atoms with Gasteiger partial charge in [0, 0.05) is 17.6 Å². The van der Waals surface area contributed by atoms with Crippen LogP contribution in [0.15, 0.2) is 66.2 Å². The smallest absolute Gasteiger partial charge is 0.334 e. The van der Waals surface area contributed by atoms with Gasteiger partial charge in [-0.2, -0.15) is 0 Å². The Labute approximate surface area is 143 Å². The minimum Gasteiger partial charge on any atom is -0.463 e. The maximum Gasteiger partial charge on any atom is 0.334 e. The number of carbonyl (C=O) groups is 2. The van der Waals surface area contributed by atoms with Crippen molar-refractivity contribution in [3.05, 3.63) is 77.4 Å². The normalized spacial score (nSPS) is 11.1. The van der Waals surface area contributed by atoms with Crippen LogP contribution in [-0.4, -0.2) is 18.4 Å². The van der Waals surface area contributed by atoms with Gasteiger partial charge in [-0.1, -0.05) is 60.7 Å². The number of Topliss-reactive ketones (excluding diaryl/α,β-unsaturated/α-hetero) is 1. The summed E-state index contributed by atoms with van der Waals surface area (Å²) in [6.07, 6.45) is 3.39. The number of ketones is 1. The van der Waals surface area contributed by atoms with Crippen molar-refractivity contribution in [2.75, 3.05) is 6.61 Å². The minimum absolute atomic E-state index is 0.0959. The van der Waals surface area contributed by atoms with Gasteiger partial charge in [-0.15, -0.1) is 0 Å². The summed E-state index contributed by atoms with van der Waals surface area (Å²) < 4.78 is 5.13. The predicted octanol–water partition coefficient (Wildman–Crippen LogP) is 4.69. The Balaban J connectivity index is 2.00. The lowest BCUT2D eigenvalue weighted by Gasteiger charge is -2.07. The summed E-state index contributed by atoms with van der Waals surface area (Å²) in [4.78, 5) is 24.3. The van der Waals surface area contributed by atoms with Crippen molar-refractivity contribution in [3.8, 4) is 0 Å². The maximum absolute atomic E-state index is 12.1. The van der Waals surface area contributed by atoms with Gasteiger partial charge in [-0.3, -0.25) is 4.79 Å². The Bertz CT molecular complexity index is 688. The van der Waals surface area contributed by atoms with Crippen LogP contribution >= 0.6 is 0 Å². The first-order chi connectivity index (χ1) is 11.7. The molecule has 0 aromatic heterocycles. The third kappa shape index (κ3) is 5.51. The van der Waals surface area contributed by atoms with Crippen molar-refractivity contribution >= 4 is 17.8 Å². The van der Waals surface area contributed by atoms with E-state index in [4.69, 9.17) is 4.74 Å². The molecule has 3 nitrogen and oxygen atoms in total. The molecule has 0 radical (unpaired) electrons. The second kappa shape index (κ2) is 9.46. The van der Waals surface area contributed by atoms with Gasteiger partial charge in [-0.05, 0) is 31.4 Å². The highest BCUT2D eigenvalue weighted by molar-refractivity contribution is 5.96. The molecule has 0 heterocycles. The zero-order valence-corrected chi connectivity index (χ0v) is 13.9. The molecule has 0 saturated heterocycles. The number of benzene rings is 2. The van der Waals surface area contributed by atoms with Crippen LogP contribution in [0.25, 0.3) is 6.08 Å². The van der Waals surface area contributed by atoms with Crippen molar-refractivity contribution in [2.24, 2.45) is 0 Å². The molecule has 0 amide bonds. The molecular weight excluding hydrogens is 300 g/mol. The third-order valence-electron chi connectivity index (χ3n) is 3.62. The summed E-state index contributed by atoms with van der Waals surface area (Å²) in [5.41, 5.74) is 2.26. The first-order valence-electron chi connectivity index (χ1n) is 8.21. The molecule has 2 rings (SSSR count). The van der Waals surface area contributed by atoms with Gasteiger partial charge in [0.25, 0.3) is 0 Å². The zero-order valence-electron chi connectivity index (χ0n) is 13.9. The van der Waals surface area contributed by atoms with Crippen LogP contribution in [0.3, 0.4) is 0 Å². The fourth-order valence-corrected chi connectivity index (χ4v) is 2.42. The molecule has 0 saturated carbocycles. The highest BCUT2D eigenvalue weighted by atomic mass is 16.5. The van der Waals surface area contributed by atoms with E-state index in [0.717, 1.165) is 5.56 Å². The standard InChI is InChI=1S/C21H22O3/c1-2-24-21(23)19(16-17-10-5-3-6-11-17)14-9-15-20(22)18-12-7-4-8-13-18/h3-8,10-13,16H,2,9,14-15H2,1H3. The van der Waals surface area contributed by atoms with Crippen LogP contribution in [-0.2, 0) is 9.53 Å². The van der Waals surface area contributed by atoms with Gasteiger partial charge in [0.2, 0.25) is 0 Å². The van der Waals surface area contributed by atoms with Crippen molar-refractivity contribution in [1.29, 1.82) is 0 Å². The molecule has 0 aliphatic carbocycles. The fourth-order valence-electron chi connectivity index (χ4n) is 2.42. The van der Waals surface area contributed by atoms with Gasteiger partial charge in [0.15, 0.2) is 5.78 Å². The Morgan fingerprint density at radius 2 is 1.54 bits per heavy atom. The molecule has 0 bridgehead atoms. The summed E-state index contributed by atoms with van der Waals surface area (Å²) in [5, 5.41) is 0. The van der Waals surface area contributed by atoms with E-state index in [2.05, 4.69) is 0 Å². The lowest BCUT2D eigenvalue weighted by atomic mass is 10.0. The molecular formula is C21H22O3. The summed E-state index contributed by atoms with van der Waals surface area (Å²) in [5.74, 6) is -0.216. The summed E-state index contributed by atoms with van der Waals surface area (Å²) in [6.45, 7) is 2.13. The molecule has 124 valence electrons. The van der Waals surface area contributed by atoms with Crippen molar-refractivity contribution in [3.63, 3.8) is 0 Å². The monoisotopic (exact) mass is 322 g/mol. The molecule has 2 aromatic rings. The number of carbonyl (C=O) groups excluding carboxylic acids is 2. The number of rotatable bonds is 8. The van der Waals surface area contributed by atoms with Gasteiger partial charge in [-0.25, -0.2) is 4.79 Å². The topological polar surface area (TPSA) is 43.4 Å². The lowest BCUT2D eigenvalue weighted by molar-refractivity contribution is -0.138. The van der Waals surface area contributed by atoms with Crippen LogP contribution in [0.4, 0.5) is 0 Å². The zero-order chi connectivity index (χ0) is 17.2. The van der Waals surface area contributed by atoms with E-state index in [9.17, 15) is 9.59 Å². The first-order valence-corrected chi connectivity index (χ1v) is 8.21. The van der Waals surface area contributed by atoms with Crippen LogP contribution in [0, 0.1) is 0 Å².